The van der Waals surface area contributed by atoms with Crippen LogP contribution in [0.1, 0.15) is 77.3 Å². The highest BCUT2D eigenvalue weighted by Gasteiger charge is 2.33. The molecule has 1 nitrogen and oxygen atoms in total. The van der Waals surface area contributed by atoms with E-state index in [1.165, 1.54) is 50.7 Å². The van der Waals surface area contributed by atoms with Crippen molar-refractivity contribution in [3.63, 3.8) is 0 Å². The van der Waals surface area contributed by atoms with E-state index in [0.29, 0.717) is 5.41 Å². The van der Waals surface area contributed by atoms with Crippen LogP contribution in [0.4, 0.5) is 13.2 Å². The molecule has 1 heterocycles. The molecule has 25 heavy (non-hydrogen) atoms. The molecule has 1 aliphatic heterocycles. The molecule has 0 N–H and O–H groups in total. The summed E-state index contributed by atoms with van der Waals surface area (Å²) in [7, 11) is 0. The van der Waals surface area contributed by atoms with Crippen LogP contribution in [-0.2, 0) is 12.7 Å². The average Bonchev–Trinajstić information content (AvgIpc) is 2.59. The van der Waals surface area contributed by atoms with Gasteiger partial charge in [0.1, 0.15) is 0 Å². The molecule has 0 spiro atoms. The van der Waals surface area contributed by atoms with Crippen LogP contribution < -0.4 is 0 Å². The molecule has 0 radical (unpaired) electrons. The fourth-order valence-corrected chi connectivity index (χ4v) is 3.93. The molecule has 0 saturated carbocycles. The lowest BCUT2D eigenvalue weighted by Gasteiger charge is -2.42. The molecule has 2 rings (SSSR count). The highest BCUT2D eigenvalue weighted by Crippen LogP contribution is 2.40. The molecule has 0 aromatic heterocycles. The number of rotatable bonds is 6. The number of likely N-dealkylation sites (tertiary alicyclic amines) is 1. The zero-order chi connectivity index (χ0) is 18.9. The van der Waals surface area contributed by atoms with Crippen LogP contribution in [0.2, 0.25) is 0 Å². The molecule has 1 aromatic rings. The highest BCUT2D eigenvalue weighted by molar-refractivity contribution is 5.24. The van der Waals surface area contributed by atoms with Gasteiger partial charge in [-0.1, -0.05) is 52.7 Å². The van der Waals surface area contributed by atoms with Crippen molar-refractivity contribution in [1.82, 2.24) is 4.90 Å². The summed E-state index contributed by atoms with van der Waals surface area (Å²) in [4.78, 5) is 2.38. The molecule has 1 fully saturated rings. The fraction of sp³-hybridized carbons (Fsp3) is 0.714. The van der Waals surface area contributed by atoms with E-state index >= 15 is 0 Å². The summed E-state index contributed by atoms with van der Waals surface area (Å²) >= 11 is 0. The van der Waals surface area contributed by atoms with E-state index < -0.39 is 11.7 Å². The Kier molecular flexibility index (Phi) is 8.98. The molecule has 144 valence electrons. The van der Waals surface area contributed by atoms with Crippen molar-refractivity contribution in [2.75, 3.05) is 13.1 Å². The van der Waals surface area contributed by atoms with Crippen LogP contribution in [0.25, 0.3) is 0 Å². The van der Waals surface area contributed by atoms with Crippen LogP contribution in [0.5, 0.6) is 0 Å². The molecular weight excluding hydrogens is 323 g/mol. The zero-order valence-corrected chi connectivity index (χ0v) is 16.3. The third kappa shape index (κ3) is 6.65. The van der Waals surface area contributed by atoms with Crippen LogP contribution in [0, 0.1) is 5.41 Å². The van der Waals surface area contributed by atoms with Gasteiger partial charge in [-0.25, -0.2) is 0 Å². The lowest BCUT2D eigenvalue weighted by molar-refractivity contribution is -0.137. The molecule has 4 heteroatoms. The Labute approximate surface area is 151 Å². The number of benzene rings is 1. The standard InChI is InChI=1S/C19H28F3N.C2H6/c1-3-9-18(10-4-2)11-13-23(14-12-18)15-16-5-7-17(8-6-16)19(20,21)22;1-2/h5-8H,3-4,9-15H2,1-2H3;1-2H3. The van der Waals surface area contributed by atoms with Crippen molar-refractivity contribution in [1.29, 1.82) is 0 Å². The summed E-state index contributed by atoms with van der Waals surface area (Å²) in [6.07, 6.45) is 3.26. The Morgan fingerprint density at radius 1 is 0.920 bits per heavy atom. The summed E-state index contributed by atoms with van der Waals surface area (Å²) in [5.41, 5.74) is 0.904. The smallest absolute Gasteiger partial charge is 0.299 e. The topological polar surface area (TPSA) is 3.24 Å². The van der Waals surface area contributed by atoms with Crippen molar-refractivity contribution in [2.24, 2.45) is 5.41 Å². The van der Waals surface area contributed by atoms with Gasteiger partial charge in [0.25, 0.3) is 0 Å². The van der Waals surface area contributed by atoms with Crippen LogP contribution in [-0.4, -0.2) is 18.0 Å². The van der Waals surface area contributed by atoms with Crippen molar-refractivity contribution in [3.05, 3.63) is 35.4 Å². The number of piperidine rings is 1. The lowest BCUT2D eigenvalue weighted by Crippen LogP contribution is -2.39. The van der Waals surface area contributed by atoms with Crippen molar-refractivity contribution in [2.45, 2.75) is 78.9 Å². The predicted molar refractivity (Wildman–Crippen MR) is 99.6 cm³/mol. The van der Waals surface area contributed by atoms with Gasteiger partial charge in [0, 0.05) is 6.54 Å². The van der Waals surface area contributed by atoms with Gasteiger partial charge in [-0.2, -0.15) is 13.2 Å². The number of hydrogen-bond donors (Lipinski definition) is 0. The summed E-state index contributed by atoms with van der Waals surface area (Å²) in [5.74, 6) is 0. The summed E-state index contributed by atoms with van der Waals surface area (Å²) in [6, 6.07) is 5.61. The van der Waals surface area contributed by atoms with Gasteiger partial charge in [0.15, 0.2) is 0 Å². The summed E-state index contributed by atoms with van der Waals surface area (Å²) in [5, 5.41) is 0. The first-order chi connectivity index (χ1) is 11.9. The van der Waals surface area contributed by atoms with Gasteiger partial charge >= 0.3 is 6.18 Å². The maximum Gasteiger partial charge on any atom is 0.416 e. The normalized spacial score (nSPS) is 17.7. The van der Waals surface area contributed by atoms with E-state index in [4.69, 9.17) is 0 Å². The van der Waals surface area contributed by atoms with Gasteiger partial charge in [0.05, 0.1) is 5.56 Å². The fourth-order valence-electron chi connectivity index (χ4n) is 3.93. The van der Waals surface area contributed by atoms with E-state index in [1.54, 1.807) is 12.1 Å². The molecular formula is C21H34F3N. The van der Waals surface area contributed by atoms with Gasteiger partial charge in [0.2, 0.25) is 0 Å². The summed E-state index contributed by atoms with van der Waals surface area (Å²) < 4.78 is 37.8. The molecule has 1 aromatic carbocycles. The monoisotopic (exact) mass is 357 g/mol. The Bertz CT molecular complexity index is 463. The molecule has 0 bridgehead atoms. The molecule has 0 amide bonds. The second kappa shape index (κ2) is 10.2. The molecule has 0 aliphatic carbocycles. The van der Waals surface area contributed by atoms with Crippen molar-refractivity contribution < 1.29 is 13.2 Å². The van der Waals surface area contributed by atoms with Crippen molar-refractivity contribution >= 4 is 0 Å². The zero-order valence-electron chi connectivity index (χ0n) is 16.3. The largest absolute Gasteiger partial charge is 0.416 e. The number of alkyl halides is 3. The SMILES string of the molecule is CC.CCCC1(CCC)CCN(Cc2ccc(C(F)(F)F)cc2)CC1. The highest BCUT2D eigenvalue weighted by atomic mass is 19.4. The Morgan fingerprint density at radius 3 is 1.80 bits per heavy atom. The molecule has 1 aliphatic rings. The van der Waals surface area contributed by atoms with Crippen LogP contribution >= 0.6 is 0 Å². The van der Waals surface area contributed by atoms with E-state index in [0.717, 1.165) is 25.2 Å². The van der Waals surface area contributed by atoms with E-state index in [2.05, 4.69) is 18.7 Å². The van der Waals surface area contributed by atoms with E-state index in [9.17, 15) is 13.2 Å². The molecule has 0 unspecified atom stereocenters. The maximum absolute atomic E-state index is 12.6. The van der Waals surface area contributed by atoms with E-state index in [-0.39, 0.29) is 0 Å². The van der Waals surface area contributed by atoms with Crippen molar-refractivity contribution in [3.8, 4) is 0 Å². The minimum atomic E-state index is -4.25. The number of halogens is 3. The Hall–Kier alpha value is -1.03. The first-order valence-corrected chi connectivity index (χ1v) is 9.77. The van der Waals surface area contributed by atoms with Gasteiger partial charge in [-0.3, -0.25) is 4.90 Å². The van der Waals surface area contributed by atoms with Crippen LogP contribution in [0.3, 0.4) is 0 Å². The second-order valence-corrected chi connectivity index (χ2v) is 6.97. The number of hydrogen-bond acceptors (Lipinski definition) is 1. The van der Waals surface area contributed by atoms with Gasteiger partial charge in [-0.05, 0) is 61.9 Å². The quantitative estimate of drug-likeness (QED) is 0.534. The first-order valence-electron chi connectivity index (χ1n) is 9.77. The number of nitrogens with zero attached hydrogens (tertiary/aromatic N) is 1. The molecule has 1 saturated heterocycles. The third-order valence-corrected chi connectivity index (χ3v) is 5.16. The Balaban J connectivity index is 0.00000151. The second-order valence-electron chi connectivity index (χ2n) is 6.97. The lowest BCUT2D eigenvalue weighted by atomic mass is 9.72. The first kappa shape index (κ1) is 22.0. The predicted octanol–water partition coefficient (Wildman–Crippen LogP) is 6.91. The third-order valence-electron chi connectivity index (χ3n) is 5.16. The maximum atomic E-state index is 12.6. The minimum Gasteiger partial charge on any atom is -0.299 e. The van der Waals surface area contributed by atoms with Gasteiger partial charge < -0.3 is 0 Å². The van der Waals surface area contributed by atoms with Gasteiger partial charge in [-0.15, -0.1) is 0 Å². The average molecular weight is 358 g/mol. The van der Waals surface area contributed by atoms with E-state index in [1.807, 2.05) is 13.8 Å². The van der Waals surface area contributed by atoms with Crippen LogP contribution in [0.15, 0.2) is 24.3 Å². The molecule has 0 atom stereocenters. The minimum absolute atomic E-state index is 0.500. The summed E-state index contributed by atoms with van der Waals surface area (Å²) in [6.45, 7) is 11.4. The Morgan fingerprint density at radius 2 is 1.40 bits per heavy atom.